The first-order chi connectivity index (χ1) is 8.15. The molecule has 1 aromatic heterocycles. The van der Waals surface area contributed by atoms with Gasteiger partial charge in [0.25, 0.3) is 0 Å². The lowest BCUT2D eigenvalue weighted by Crippen LogP contribution is -2.04. The van der Waals surface area contributed by atoms with Crippen LogP contribution in [0, 0.1) is 12.8 Å². The molecule has 17 heavy (non-hydrogen) atoms. The van der Waals surface area contributed by atoms with E-state index in [1.165, 1.54) is 12.2 Å². The first-order valence-electron chi connectivity index (χ1n) is 6.31. The Morgan fingerprint density at radius 2 is 2.12 bits per heavy atom. The number of nitrogens with one attached hydrogen (secondary N) is 1. The zero-order valence-electron chi connectivity index (χ0n) is 11.3. The van der Waals surface area contributed by atoms with Gasteiger partial charge < -0.3 is 5.32 Å². The van der Waals surface area contributed by atoms with Gasteiger partial charge in [-0.05, 0) is 25.5 Å². The molecule has 1 rings (SSSR count). The van der Waals surface area contributed by atoms with Gasteiger partial charge in [0.15, 0.2) is 0 Å². The standard InChI is InChI=1S/C13H23N3S/c1-5-10(3)8-17-9-13-15-11(4)7-12(16-13)14-6-2/h7,10H,5-6,8-9H2,1-4H3,(H,14,15,16). The molecular weight excluding hydrogens is 230 g/mol. The fourth-order valence-corrected chi connectivity index (χ4v) is 2.50. The number of thioether (sulfide) groups is 1. The molecular formula is C13H23N3S. The molecule has 0 bridgehead atoms. The Hall–Kier alpha value is -0.770. The van der Waals surface area contributed by atoms with Crippen LogP contribution < -0.4 is 5.32 Å². The lowest BCUT2D eigenvalue weighted by atomic mass is 10.2. The minimum atomic E-state index is 0.776. The Labute approximate surface area is 109 Å². The maximum absolute atomic E-state index is 4.50. The molecule has 0 aromatic carbocycles. The number of rotatable bonds is 7. The summed E-state index contributed by atoms with van der Waals surface area (Å²) in [5, 5.41) is 3.24. The number of hydrogen-bond acceptors (Lipinski definition) is 4. The zero-order chi connectivity index (χ0) is 12.7. The molecule has 1 atom stereocenters. The van der Waals surface area contributed by atoms with Crippen molar-refractivity contribution in [3.8, 4) is 0 Å². The summed E-state index contributed by atoms with van der Waals surface area (Å²) in [4.78, 5) is 8.97. The SMILES string of the molecule is CCNc1cc(C)nc(CSCC(C)CC)n1. The molecule has 0 radical (unpaired) electrons. The molecule has 0 aliphatic heterocycles. The van der Waals surface area contributed by atoms with Crippen LogP contribution in [0.25, 0.3) is 0 Å². The topological polar surface area (TPSA) is 37.8 Å². The number of anilines is 1. The van der Waals surface area contributed by atoms with Crippen molar-refractivity contribution in [2.24, 2.45) is 5.92 Å². The van der Waals surface area contributed by atoms with Crippen molar-refractivity contribution < 1.29 is 0 Å². The average molecular weight is 253 g/mol. The van der Waals surface area contributed by atoms with Gasteiger partial charge in [0, 0.05) is 18.3 Å². The number of hydrogen-bond donors (Lipinski definition) is 1. The van der Waals surface area contributed by atoms with Gasteiger partial charge in [-0.1, -0.05) is 20.3 Å². The van der Waals surface area contributed by atoms with Gasteiger partial charge in [0.1, 0.15) is 11.6 Å². The van der Waals surface area contributed by atoms with E-state index in [1.54, 1.807) is 0 Å². The fourth-order valence-electron chi connectivity index (χ4n) is 1.44. The molecule has 1 unspecified atom stereocenters. The maximum Gasteiger partial charge on any atom is 0.140 e. The molecule has 0 amide bonds. The highest BCUT2D eigenvalue weighted by molar-refractivity contribution is 7.98. The maximum atomic E-state index is 4.50. The molecule has 1 aromatic rings. The van der Waals surface area contributed by atoms with E-state index < -0.39 is 0 Å². The second kappa shape index (κ2) is 7.54. The van der Waals surface area contributed by atoms with E-state index in [0.29, 0.717) is 0 Å². The van der Waals surface area contributed by atoms with Gasteiger partial charge in [0.05, 0.1) is 5.75 Å². The second-order valence-electron chi connectivity index (χ2n) is 4.37. The number of nitrogens with zero attached hydrogens (tertiary/aromatic N) is 2. The third-order valence-electron chi connectivity index (χ3n) is 2.59. The van der Waals surface area contributed by atoms with Crippen LogP contribution in [-0.2, 0) is 5.75 Å². The van der Waals surface area contributed by atoms with Crippen molar-refractivity contribution in [1.82, 2.24) is 9.97 Å². The Morgan fingerprint density at radius 3 is 2.76 bits per heavy atom. The van der Waals surface area contributed by atoms with Crippen LogP contribution in [0.3, 0.4) is 0 Å². The summed E-state index contributed by atoms with van der Waals surface area (Å²) < 4.78 is 0. The fraction of sp³-hybridized carbons (Fsp3) is 0.692. The van der Waals surface area contributed by atoms with Crippen LogP contribution in [0.1, 0.15) is 38.7 Å². The van der Waals surface area contributed by atoms with Crippen molar-refractivity contribution in [2.75, 3.05) is 17.6 Å². The van der Waals surface area contributed by atoms with Gasteiger partial charge >= 0.3 is 0 Å². The van der Waals surface area contributed by atoms with Crippen LogP contribution in [0.5, 0.6) is 0 Å². The largest absolute Gasteiger partial charge is 0.370 e. The summed E-state index contributed by atoms with van der Waals surface area (Å²) in [5.41, 5.74) is 1.04. The molecule has 0 saturated heterocycles. The van der Waals surface area contributed by atoms with Crippen molar-refractivity contribution in [2.45, 2.75) is 39.9 Å². The van der Waals surface area contributed by atoms with Gasteiger partial charge in [-0.3, -0.25) is 0 Å². The van der Waals surface area contributed by atoms with E-state index in [2.05, 4.69) is 36.1 Å². The van der Waals surface area contributed by atoms with Crippen molar-refractivity contribution >= 4 is 17.6 Å². The van der Waals surface area contributed by atoms with Crippen molar-refractivity contribution in [3.05, 3.63) is 17.6 Å². The first-order valence-corrected chi connectivity index (χ1v) is 7.47. The Balaban J connectivity index is 2.52. The molecule has 4 heteroatoms. The number of aromatic nitrogens is 2. The summed E-state index contributed by atoms with van der Waals surface area (Å²) >= 11 is 1.92. The molecule has 0 aliphatic carbocycles. The van der Waals surface area contributed by atoms with E-state index in [4.69, 9.17) is 0 Å². The third kappa shape index (κ3) is 5.39. The molecule has 0 aliphatic rings. The quantitative estimate of drug-likeness (QED) is 0.807. The van der Waals surface area contributed by atoms with E-state index in [-0.39, 0.29) is 0 Å². The number of aryl methyl sites for hydroxylation is 1. The highest BCUT2D eigenvalue weighted by atomic mass is 32.2. The Morgan fingerprint density at radius 1 is 1.35 bits per heavy atom. The first kappa shape index (κ1) is 14.3. The smallest absolute Gasteiger partial charge is 0.140 e. The Kier molecular flexibility index (Phi) is 6.34. The molecule has 0 spiro atoms. The highest BCUT2D eigenvalue weighted by Crippen LogP contribution is 2.16. The third-order valence-corrected chi connectivity index (χ3v) is 3.86. The lowest BCUT2D eigenvalue weighted by Gasteiger charge is -2.09. The second-order valence-corrected chi connectivity index (χ2v) is 5.40. The normalized spacial score (nSPS) is 12.5. The van der Waals surface area contributed by atoms with Gasteiger partial charge in [-0.2, -0.15) is 11.8 Å². The van der Waals surface area contributed by atoms with Gasteiger partial charge in [0.2, 0.25) is 0 Å². The minimum absolute atomic E-state index is 0.776. The van der Waals surface area contributed by atoms with Crippen molar-refractivity contribution in [1.29, 1.82) is 0 Å². The molecule has 1 heterocycles. The average Bonchev–Trinajstić information content (AvgIpc) is 2.28. The summed E-state index contributed by atoms with van der Waals surface area (Å²) in [5.74, 6) is 4.75. The Bertz CT molecular complexity index is 341. The summed E-state index contributed by atoms with van der Waals surface area (Å²) in [6, 6.07) is 1.99. The van der Waals surface area contributed by atoms with E-state index >= 15 is 0 Å². The summed E-state index contributed by atoms with van der Waals surface area (Å²) in [6.07, 6.45) is 1.24. The van der Waals surface area contributed by atoms with Crippen LogP contribution in [0.15, 0.2) is 6.07 Å². The van der Waals surface area contributed by atoms with Crippen molar-refractivity contribution in [3.63, 3.8) is 0 Å². The predicted molar refractivity (Wildman–Crippen MR) is 76.5 cm³/mol. The molecule has 1 N–H and O–H groups in total. The highest BCUT2D eigenvalue weighted by Gasteiger charge is 2.04. The monoisotopic (exact) mass is 253 g/mol. The zero-order valence-corrected chi connectivity index (χ0v) is 12.1. The molecule has 96 valence electrons. The molecule has 0 saturated carbocycles. The van der Waals surface area contributed by atoms with Crippen LogP contribution in [-0.4, -0.2) is 22.3 Å². The molecule has 3 nitrogen and oxygen atoms in total. The predicted octanol–water partition coefficient (Wildman–Crippen LogP) is 3.50. The van der Waals surface area contributed by atoms with Gasteiger partial charge in [-0.15, -0.1) is 0 Å². The lowest BCUT2D eigenvalue weighted by molar-refractivity contribution is 0.636. The van der Waals surface area contributed by atoms with E-state index in [0.717, 1.165) is 35.6 Å². The van der Waals surface area contributed by atoms with Gasteiger partial charge in [-0.25, -0.2) is 9.97 Å². The molecule has 0 fully saturated rings. The van der Waals surface area contributed by atoms with E-state index in [1.807, 2.05) is 24.8 Å². The van der Waals surface area contributed by atoms with Crippen LogP contribution in [0.2, 0.25) is 0 Å². The van der Waals surface area contributed by atoms with Crippen LogP contribution in [0.4, 0.5) is 5.82 Å². The van der Waals surface area contributed by atoms with Crippen LogP contribution >= 0.6 is 11.8 Å². The summed E-state index contributed by atoms with van der Waals surface area (Å²) in [7, 11) is 0. The van der Waals surface area contributed by atoms with E-state index in [9.17, 15) is 0 Å². The summed E-state index contributed by atoms with van der Waals surface area (Å²) in [6.45, 7) is 9.52. The minimum Gasteiger partial charge on any atom is -0.370 e.